The molecule has 2 aliphatic rings. The number of amides is 3. The van der Waals surface area contributed by atoms with Crippen molar-refractivity contribution in [1.29, 1.82) is 0 Å². The first-order valence-corrected chi connectivity index (χ1v) is 15.3. The molecule has 2 saturated heterocycles. The van der Waals surface area contributed by atoms with Crippen LogP contribution < -0.4 is 10.6 Å². The van der Waals surface area contributed by atoms with Crippen LogP contribution in [0.1, 0.15) is 22.9 Å². The molecule has 5 rings (SSSR count). The summed E-state index contributed by atoms with van der Waals surface area (Å²) in [5.41, 5.74) is 1.68. The highest BCUT2D eigenvalue weighted by atomic mass is 35.5. The van der Waals surface area contributed by atoms with E-state index >= 15 is 0 Å². The largest absolute Gasteiger partial charge is 0.379 e. The number of rotatable bonds is 10. The van der Waals surface area contributed by atoms with Gasteiger partial charge in [0.2, 0.25) is 17.7 Å². The maximum Gasteiger partial charge on any atom is 0.239 e. The number of thioether (sulfide) groups is 1. The Labute approximate surface area is 253 Å². The highest BCUT2D eigenvalue weighted by Crippen LogP contribution is 2.46. The molecule has 0 unspecified atom stereocenters. The minimum Gasteiger partial charge on any atom is -0.379 e. The molecule has 2 heterocycles. The zero-order chi connectivity index (χ0) is 28.8. The van der Waals surface area contributed by atoms with Crippen LogP contribution in [-0.2, 0) is 25.7 Å². The number of carbonyl (C=O) groups excluding carboxylic acids is 3. The van der Waals surface area contributed by atoms with Crippen molar-refractivity contribution in [2.24, 2.45) is 0 Å². The quantitative estimate of drug-likeness (QED) is 0.355. The second-order valence-electron chi connectivity index (χ2n) is 10.0. The average Bonchev–Trinajstić information content (AvgIpc) is 3.26. The molecule has 0 spiro atoms. The molecule has 41 heavy (non-hydrogen) atoms. The van der Waals surface area contributed by atoms with Crippen LogP contribution in [0.4, 0.5) is 0 Å². The molecule has 216 valence electrons. The standard InChI is InChI=1S/C30H32Cl2N4O4S/c31-22-8-9-24(25(32)16-22)30-36(19-28(38)33-10-11-35-12-14-40-15-13-35)29(39)26(41-30)17-27(37)34-18-21-6-3-5-20-4-1-2-7-23(20)21/h1-9,16,26,30H,10-15,17-19H2,(H,33,38)(H,34,37)/t26-,30-/m1/s1. The number of nitrogens with one attached hydrogen (secondary N) is 2. The molecule has 0 saturated carbocycles. The number of carbonyl (C=O) groups is 3. The predicted octanol–water partition coefficient (Wildman–Crippen LogP) is 4.24. The third-order valence-corrected chi connectivity index (χ3v) is 9.28. The first-order chi connectivity index (χ1) is 19.9. The molecule has 11 heteroatoms. The van der Waals surface area contributed by atoms with E-state index in [1.54, 1.807) is 18.2 Å². The van der Waals surface area contributed by atoms with E-state index in [9.17, 15) is 14.4 Å². The molecule has 0 bridgehead atoms. The van der Waals surface area contributed by atoms with E-state index in [-0.39, 0.29) is 30.7 Å². The lowest BCUT2D eigenvalue weighted by molar-refractivity contribution is -0.136. The molecule has 2 N–H and O–H groups in total. The lowest BCUT2D eigenvalue weighted by Crippen LogP contribution is -2.44. The van der Waals surface area contributed by atoms with E-state index in [1.807, 2.05) is 42.5 Å². The Hall–Kier alpha value is -2.82. The predicted molar refractivity (Wildman–Crippen MR) is 163 cm³/mol. The van der Waals surface area contributed by atoms with Gasteiger partial charge in [-0.25, -0.2) is 0 Å². The lowest BCUT2D eigenvalue weighted by atomic mass is 10.0. The van der Waals surface area contributed by atoms with Crippen molar-refractivity contribution in [1.82, 2.24) is 20.4 Å². The van der Waals surface area contributed by atoms with Crippen molar-refractivity contribution in [3.63, 3.8) is 0 Å². The van der Waals surface area contributed by atoms with Crippen LogP contribution in [0, 0.1) is 0 Å². The number of hydrogen-bond acceptors (Lipinski definition) is 6. The number of nitrogens with zero attached hydrogens (tertiary/aromatic N) is 2. The lowest BCUT2D eigenvalue weighted by Gasteiger charge is -2.27. The summed E-state index contributed by atoms with van der Waals surface area (Å²) in [5, 5.41) is 7.77. The maximum absolute atomic E-state index is 13.6. The van der Waals surface area contributed by atoms with Gasteiger partial charge in [-0.05, 0) is 28.5 Å². The number of benzene rings is 3. The van der Waals surface area contributed by atoms with Gasteiger partial charge in [-0.3, -0.25) is 19.3 Å². The van der Waals surface area contributed by atoms with Gasteiger partial charge in [0.05, 0.1) is 18.5 Å². The molecule has 2 aliphatic heterocycles. The Morgan fingerprint density at radius 2 is 1.76 bits per heavy atom. The summed E-state index contributed by atoms with van der Waals surface area (Å²) in [4.78, 5) is 43.2. The second-order valence-corrected chi connectivity index (χ2v) is 12.2. The van der Waals surface area contributed by atoms with Gasteiger partial charge in [0, 0.05) is 54.8 Å². The van der Waals surface area contributed by atoms with Crippen LogP contribution in [0.15, 0.2) is 60.7 Å². The van der Waals surface area contributed by atoms with Crippen LogP contribution in [0.3, 0.4) is 0 Å². The van der Waals surface area contributed by atoms with Crippen LogP contribution >= 0.6 is 35.0 Å². The number of halogens is 2. The monoisotopic (exact) mass is 614 g/mol. The summed E-state index contributed by atoms with van der Waals surface area (Å²) in [6.07, 6.45) is -0.00880. The maximum atomic E-state index is 13.6. The fourth-order valence-electron chi connectivity index (χ4n) is 5.10. The van der Waals surface area contributed by atoms with Gasteiger partial charge in [0.25, 0.3) is 0 Å². The van der Waals surface area contributed by atoms with Crippen molar-refractivity contribution in [2.75, 3.05) is 45.9 Å². The van der Waals surface area contributed by atoms with E-state index in [1.165, 1.54) is 16.7 Å². The van der Waals surface area contributed by atoms with Gasteiger partial charge in [0.15, 0.2) is 0 Å². The average molecular weight is 616 g/mol. The third kappa shape index (κ3) is 7.53. The van der Waals surface area contributed by atoms with Gasteiger partial charge in [-0.2, -0.15) is 0 Å². The van der Waals surface area contributed by atoms with Crippen molar-refractivity contribution < 1.29 is 19.1 Å². The first-order valence-electron chi connectivity index (χ1n) is 13.6. The zero-order valence-electron chi connectivity index (χ0n) is 22.5. The summed E-state index contributed by atoms with van der Waals surface area (Å²) in [7, 11) is 0. The molecule has 0 aliphatic carbocycles. The number of hydrogen-bond donors (Lipinski definition) is 2. The molecular weight excluding hydrogens is 583 g/mol. The van der Waals surface area contributed by atoms with Gasteiger partial charge in [-0.15, -0.1) is 11.8 Å². The molecule has 8 nitrogen and oxygen atoms in total. The fraction of sp³-hybridized carbons (Fsp3) is 0.367. The molecule has 3 amide bonds. The normalized spacial score (nSPS) is 19.5. The van der Waals surface area contributed by atoms with Crippen molar-refractivity contribution >= 4 is 63.5 Å². The summed E-state index contributed by atoms with van der Waals surface area (Å²) >= 11 is 14.0. The van der Waals surface area contributed by atoms with E-state index in [0.29, 0.717) is 48.5 Å². The SMILES string of the molecule is O=C(C[C@H]1S[C@H](c2ccc(Cl)cc2Cl)N(CC(=O)NCCN2CCOCC2)C1=O)NCc1cccc2ccccc12. The van der Waals surface area contributed by atoms with Crippen LogP contribution in [0.25, 0.3) is 10.8 Å². The Morgan fingerprint density at radius 3 is 2.56 bits per heavy atom. The van der Waals surface area contributed by atoms with Crippen LogP contribution in [-0.4, -0.2) is 78.7 Å². The first kappa shape index (κ1) is 29.7. The van der Waals surface area contributed by atoms with E-state index in [4.69, 9.17) is 27.9 Å². The van der Waals surface area contributed by atoms with Gasteiger partial charge < -0.3 is 20.3 Å². The molecule has 3 aromatic carbocycles. The summed E-state index contributed by atoms with van der Waals surface area (Å²) in [6.45, 7) is 4.45. The van der Waals surface area contributed by atoms with Crippen molar-refractivity contribution in [3.05, 3.63) is 81.8 Å². The minimum atomic E-state index is -0.652. The molecular formula is C30H32Cl2N4O4S. The Balaban J connectivity index is 1.23. The smallest absolute Gasteiger partial charge is 0.239 e. The molecule has 0 radical (unpaired) electrons. The fourth-order valence-corrected chi connectivity index (χ4v) is 7.16. The topological polar surface area (TPSA) is 91.0 Å². The Bertz CT molecular complexity index is 1410. The molecule has 0 aromatic heterocycles. The Morgan fingerprint density at radius 1 is 0.976 bits per heavy atom. The zero-order valence-corrected chi connectivity index (χ0v) is 24.8. The second kappa shape index (κ2) is 13.9. The molecule has 2 fully saturated rings. The van der Waals surface area contributed by atoms with Crippen LogP contribution in [0.2, 0.25) is 10.0 Å². The van der Waals surface area contributed by atoms with Gasteiger partial charge in [0.1, 0.15) is 11.9 Å². The number of morpholine rings is 1. The van der Waals surface area contributed by atoms with E-state index in [2.05, 4.69) is 15.5 Å². The number of fused-ring (bicyclic) bond motifs is 1. The van der Waals surface area contributed by atoms with Crippen molar-refractivity contribution in [2.45, 2.75) is 23.6 Å². The van der Waals surface area contributed by atoms with E-state index in [0.717, 1.165) is 29.4 Å². The van der Waals surface area contributed by atoms with Crippen LogP contribution in [0.5, 0.6) is 0 Å². The molecule has 2 atom stereocenters. The number of ether oxygens (including phenoxy) is 1. The highest BCUT2D eigenvalue weighted by molar-refractivity contribution is 8.01. The van der Waals surface area contributed by atoms with E-state index < -0.39 is 10.6 Å². The van der Waals surface area contributed by atoms with Crippen molar-refractivity contribution in [3.8, 4) is 0 Å². The van der Waals surface area contributed by atoms with Gasteiger partial charge >= 0.3 is 0 Å². The van der Waals surface area contributed by atoms with Gasteiger partial charge in [-0.1, -0.05) is 71.7 Å². The summed E-state index contributed by atoms with van der Waals surface area (Å²) < 4.78 is 5.37. The highest BCUT2D eigenvalue weighted by Gasteiger charge is 2.43. The molecule has 3 aromatic rings. The summed E-state index contributed by atoms with van der Waals surface area (Å²) in [5.74, 6) is -0.764. The Kier molecular flexibility index (Phi) is 10.1. The minimum absolute atomic E-state index is 0.00880. The third-order valence-electron chi connectivity index (χ3n) is 7.26. The summed E-state index contributed by atoms with van der Waals surface area (Å²) in [6, 6.07) is 19.1.